The Morgan fingerprint density at radius 2 is 2.12 bits per heavy atom. The summed E-state index contributed by atoms with van der Waals surface area (Å²) in [5.41, 5.74) is 0.396. The zero-order valence-electron chi connectivity index (χ0n) is 8.89. The molecule has 1 aromatic heterocycles. The number of carbonyl (C=O) groups is 1. The lowest BCUT2D eigenvalue weighted by Crippen LogP contribution is -2.19. The van der Waals surface area contributed by atoms with E-state index < -0.39 is 16.0 Å². The molecule has 90 valence electrons. The monoisotopic (exact) mass is 254 g/mol. The van der Waals surface area contributed by atoms with Gasteiger partial charge in [-0.2, -0.15) is 0 Å². The molecular weight excluding hydrogens is 244 g/mol. The summed E-state index contributed by atoms with van der Waals surface area (Å²) in [4.78, 5) is 13.7. The molecule has 0 spiro atoms. The normalized spacial score (nSPS) is 11.8. The number of rotatable bonds is 3. The zero-order chi connectivity index (χ0) is 12.6. The molecule has 0 unspecified atom stereocenters. The average molecular weight is 254 g/mol. The van der Waals surface area contributed by atoms with Crippen molar-refractivity contribution in [3.63, 3.8) is 0 Å². The molecule has 0 radical (unpaired) electrons. The van der Waals surface area contributed by atoms with Crippen molar-refractivity contribution in [1.29, 1.82) is 0 Å². The number of hydrogen-bond donors (Lipinski definition) is 3. The summed E-state index contributed by atoms with van der Waals surface area (Å²) in [5.74, 6) is -1.17. The van der Waals surface area contributed by atoms with Crippen molar-refractivity contribution in [2.45, 2.75) is 4.90 Å². The third-order valence-corrected chi connectivity index (χ3v) is 3.89. The fourth-order valence-electron chi connectivity index (χ4n) is 1.59. The maximum absolute atomic E-state index is 11.8. The van der Waals surface area contributed by atoms with Gasteiger partial charge in [0.1, 0.15) is 0 Å². The third-order valence-electron chi connectivity index (χ3n) is 2.44. The van der Waals surface area contributed by atoms with E-state index in [9.17, 15) is 13.2 Å². The molecule has 1 aromatic carbocycles. The van der Waals surface area contributed by atoms with Crippen LogP contribution < -0.4 is 4.72 Å². The molecular formula is C10H10N2O4S. The maximum Gasteiger partial charge on any atom is 0.335 e. The smallest absolute Gasteiger partial charge is 0.335 e. The van der Waals surface area contributed by atoms with Gasteiger partial charge in [0.2, 0.25) is 10.0 Å². The molecule has 0 saturated heterocycles. The number of carboxylic acid groups (broad SMARTS) is 1. The van der Waals surface area contributed by atoms with Crippen molar-refractivity contribution in [2.75, 3.05) is 7.05 Å². The van der Waals surface area contributed by atoms with Gasteiger partial charge in [0.15, 0.2) is 0 Å². The minimum atomic E-state index is -3.68. The van der Waals surface area contributed by atoms with Crippen LogP contribution in [0, 0.1) is 0 Å². The van der Waals surface area contributed by atoms with Crippen LogP contribution in [0.4, 0.5) is 0 Å². The van der Waals surface area contributed by atoms with Crippen molar-refractivity contribution >= 4 is 26.9 Å². The molecule has 0 aliphatic rings. The summed E-state index contributed by atoms with van der Waals surface area (Å²) >= 11 is 0. The van der Waals surface area contributed by atoms with Gasteiger partial charge in [0.25, 0.3) is 0 Å². The average Bonchev–Trinajstić information content (AvgIpc) is 2.75. The second kappa shape index (κ2) is 3.86. The Labute approximate surface area is 97.3 Å². The fourth-order valence-corrected chi connectivity index (χ4v) is 2.56. The minimum Gasteiger partial charge on any atom is -0.478 e. The van der Waals surface area contributed by atoms with E-state index in [-0.39, 0.29) is 10.5 Å². The van der Waals surface area contributed by atoms with Crippen molar-refractivity contribution < 1.29 is 18.3 Å². The minimum absolute atomic E-state index is 0.0452. The van der Waals surface area contributed by atoms with Gasteiger partial charge in [-0.25, -0.2) is 17.9 Å². The lowest BCUT2D eigenvalue weighted by Gasteiger charge is -2.05. The molecule has 0 saturated carbocycles. The second-order valence-electron chi connectivity index (χ2n) is 3.43. The van der Waals surface area contributed by atoms with E-state index in [4.69, 9.17) is 5.11 Å². The van der Waals surface area contributed by atoms with Crippen LogP contribution in [0.5, 0.6) is 0 Å². The van der Waals surface area contributed by atoms with Crippen molar-refractivity contribution in [2.24, 2.45) is 0 Å². The van der Waals surface area contributed by atoms with Crippen molar-refractivity contribution in [3.8, 4) is 0 Å². The van der Waals surface area contributed by atoms with Crippen molar-refractivity contribution in [3.05, 3.63) is 30.0 Å². The molecule has 3 N–H and O–H groups in total. The van der Waals surface area contributed by atoms with E-state index in [2.05, 4.69) is 9.71 Å². The summed E-state index contributed by atoms with van der Waals surface area (Å²) < 4.78 is 25.7. The van der Waals surface area contributed by atoms with E-state index in [0.717, 1.165) is 6.07 Å². The van der Waals surface area contributed by atoms with Crippen LogP contribution in [-0.2, 0) is 10.0 Å². The van der Waals surface area contributed by atoms with Crippen LogP contribution >= 0.6 is 0 Å². The fraction of sp³-hybridized carbons (Fsp3) is 0.100. The molecule has 0 fully saturated rings. The Kier molecular flexibility index (Phi) is 2.64. The molecule has 17 heavy (non-hydrogen) atoms. The number of aromatic amines is 1. The number of carboxylic acids is 1. The number of aromatic carboxylic acids is 1. The number of H-pyrrole nitrogens is 1. The number of sulfonamides is 1. The first-order valence-electron chi connectivity index (χ1n) is 4.73. The predicted octanol–water partition coefficient (Wildman–Crippen LogP) is 0.774. The summed E-state index contributed by atoms with van der Waals surface area (Å²) in [6, 6.07) is 4.13. The lowest BCUT2D eigenvalue weighted by atomic mass is 10.1. The van der Waals surface area contributed by atoms with Gasteiger partial charge in [-0.3, -0.25) is 0 Å². The maximum atomic E-state index is 11.8. The number of fused-ring (bicyclic) bond motifs is 1. The van der Waals surface area contributed by atoms with E-state index in [1.165, 1.54) is 13.1 Å². The highest BCUT2D eigenvalue weighted by Crippen LogP contribution is 2.24. The van der Waals surface area contributed by atoms with Crippen LogP contribution in [0.15, 0.2) is 29.3 Å². The lowest BCUT2D eigenvalue weighted by molar-refractivity contribution is 0.0697. The summed E-state index contributed by atoms with van der Waals surface area (Å²) in [7, 11) is -2.41. The third kappa shape index (κ3) is 1.90. The molecule has 0 bridgehead atoms. The Balaban J connectivity index is 2.85. The van der Waals surface area contributed by atoms with Gasteiger partial charge in [-0.15, -0.1) is 0 Å². The first-order chi connectivity index (χ1) is 7.95. The molecule has 7 heteroatoms. The molecule has 0 aliphatic carbocycles. The Hall–Kier alpha value is -1.86. The van der Waals surface area contributed by atoms with Crippen LogP contribution in [0.2, 0.25) is 0 Å². The molecule has 2 aromatic rings. The predicted molar refractivity (Wildman–Crippen MR) is 61.5 cm³/mol. The summed E-state index contributed by atoms with van der Waals surface area (Å²) in [6.45, 7) is 0. The first kappa shape index (κ1) is 11.6. The summed E-state index contributed by atoms with van der Waals surface area (Å²) in [5, 5.41) is 9.38. The van der Waals surface area contributed by atoms with Gasteiger partial charge >= 0.3 is 5.97 Å². The number of hydrogen-bond acceptors (Lipinski definition) is 3. The molecule has 0 atom stereocenters. The van der Waals surface area contributed by atoms with E-state index >= 15 is 0 Å². The number of benzene rings is 1. The van der Waals surface area contributed by atoms with Gasteiger partial charge in [0, 0.05) is 17.1 Å². The topological polar surface area (TPSA) is 99.3 Å². The van der Waals surface area contributed by atoms with E-state index in [0.29, 0.717) is 10.9 Å². The van der Waals surface area contributed by atoms with Crippen LogP contribution in [0.3, 0.4) is 0 Å². The quantitative estimate of drug-likeness (QED) is 0.753. The summed E-state index contributed by atoms with van der Waals surface area (Å²) in [6.07, 6.45) is 1.56. The standard InChI is InChI=1S/C10H10N2O4S/c1-11-17(15,16)9-5-6(10(13)14)4-8-7(9)2-3-12-8/h2-5,11-12H,1H3,(H,13,14). The number of aromatic nitrogens is 1. The first-order valence-corrected chi connectivity index (χ1v) is 6.22. The molecule has 6 nitrogen and oxygen atoms in total. The Bertz CT molecular complexity index is 687. The SMILES string of the molecule is CNS(=O)(=O)c1cc(C(=O)O)cc2[nH]ccc12. The van der Waals surface area contributed by atoms with Crippen molar-refractivity contribution in [1.82, 2.24) is 9.71 Å². The zero-order valence-corrected chi connectivity index (χ0v) is 9.71. The van der Waals surface area contributed by atoms with E-state index in [1.54, 1.807) is 12.3 Å². The molecule has 0 aliphatic heterocycles. The van der Waals surface area contributed by atoms with Gasteiger partial charge in [-0.05, 0) is 25.2 Å². The van der Waals surface area contributed by atoms with E-state index in [1.807, 2.05) is 0 Å². The second-order valence-corrected chi connectivity index (χ2v) is 5.28. The molecule has 2 rings (SSSR count). The van der Waals surface area contributed by atoms with Gasteiger partial charge < -0.3 is 10.1 Å². The largest absolute Gasteiger partial charge is 0.478 e. The van der Waals surface area contributed by atoms with Crippen LogP contribution in [0.1, 0.15) is 10.4 Å². The molecule has 0 amide bonds. The molecule has 1 heterocycles. The highest BCUT2D eigenvalue weighted by atomic mass is 32.2. The highest BCUT2D eigenvalue weighted by molar-refractivity contribution is 7.89. The Morgan fingerprint density at radius 1 is 1.41 bits per heavy atom. The van der Waals surface area contributed by atoms with Gasteiger partial charge in [0.05, 0.1) is 10.5 Å². The van der Waals surface area contributed by atoms with Crippen LogP contribution in [-0.4, -0.2) is 31.5 Å². The highest BCUT2D eigenvalue weighted by Gasteiger charge is 2.19. The van der Waals surface area contributed by atoms with Crippen LogP contribution in [0.25, 0.3) is 10.9 Å². The number of nitrogens with one attached hydrogen (secondary N) is 2. The Morgan fingerprint density at radius 3 is 2.71 bits per heavy atom. The van der Waals surface area contributed by atoms with Gasteiger partial charge in [-0.1, -0.05) is 0 Å².